The number of anilines is 1. The van der Waals surface area contributed by atoms with E-state index in [4.69, 9.17) is 13.9 Å². The van der Waals surface area contributed by atoms with E-state index in [-0.39, 0.29) is 11.2 Å². The van der Waals surface area contributed by atoms with Crippen molar-refractivity contribution in [3.05, 3.63) is 93.0 Å². The van der Waals surface area contributed by atoms with Crippen molar-refractivity contribution in [3.8, 4) is 11.5 Å². The summed E-state index contributed by atoms with van der Waals surface area (Å²) in [4.78, 5) is 33.8. The highest BCUT2D eigenvalue weighted by Crippen LogP contribution is 2.43. The third-order valence-electron chi connectivity index (χ3n) is 6.19. The van der Waals surface area contributed by atoms with Crippen molar-refractivity contribution in [2.24, 2.45) is 0 Å². The van der Waals surface area contributed by atoms with Crippen LogP contribution in [-0.4, -0.2) is 24.1 Å². The Morgan fingerprint density at radius 3 is 2.56 bits per heavy atom. The number of hydrogen-bond acceptors (Lipinski definition) is 6. The first-order valence-electron chi connectivity index (χ1n) is 12.2. The van der Waals surface area contributed by atoms with Gasteiger partial charge in [0.2, 0.25) is 5.76 Å². The number of fused-ring (bicyclic) bond motifs is 2. The fourth-order valence-corrected chi connectivity index (χ4v) is 4.60. The highest BCUT2D eigenvalue weighted by Gasteiger charge is 2.44. The molecule has 1 aliphatic heterocycles. The van der Waals surface area contributed by atoms with Gasteiger partial charge in [0.25, 0.3) is 5.91 Å². The number of amides is 1. The number of hydrogen-bond donors (Lipinski definition) is 0. The van der Waals surface area contributed by atoms with E-state index in [0.717, 1.165) is 17.7 Å². The van der Waals surface area contributed by atoms with Crippen LogP contribution in [-0.2, 0) is 0 Å². The van der Waals surface area contributed by atoms with Gasteiger partial charge in [-0.05, 0) is 69.2 Å². The summed E-state index contributed by atoms with van der Waals surface area (Å²) in [7, 11) is 0. The van der Waals surface area contributed by atoms with Crippen molar-refractivity contribution >= 4 is 22.7 Å². The molecule has 0 bridgehead atoms. The molecule has 0 N–H and O–H groups in total. The molecule has 1 atom stereocenters. The molecule has 0 radical (unpaired) electrons. The third-order valence-corrected chi connectivity index (χ3v) is 6.19. The van der Waals surface area contributed by atoms with E-state index in [0.29, 0.717) is 52.6 Å². The zero-order valence-electron chi connectivity index (χ0n) is 20.8. The summed E-state index contributed by atoms with van der Waals surface area (Å²) in [5.41, 5.74) is 2.85. The Labute approximate surface area is 209 Å². The Kier molecular flexibility index (Phi) is 6.22. The molecule has 3 heterocycles. The second-order valence-corrected chi connectivity index (χ2v) is 8.88. The predicted octanol–water partition coefficient (Wildman–Crippen LogP) is 5.74. The van der Waals surface area contributed by atoms with Gasteiger partial charge in [-0.3, -0.25) is 14.5 Å². The number of carbonyl (C=O) groups excluding carboxylic acids is 1. The Hall–Kier alpha value is -4.13. The Morgan fingerprint density at radius 1 is 0.972 bits per heavy atom. The second-order valence-electron chi connectivity index (χ2n) is 8.88. The average Bonchev–Trinajstić information content (AvgIpc) is 3.16. The molecule has 2 aromatic carbocycles. The van der Waals surface area contributed by atoms with Crippen molar-refractivity contribution in [2.75, 3.05) is 18.1 Å². The SMILES string of the molecule is CCCOc1ccc(C2c3c(oc4ccc(C)cc4c3=O)C(=O)N2c2cccc(C)n2)cc1OCC. The number of aryl methyl sites for hydroxylation is 2. The lowest BCUT2D eigenvalue weighted by atomic mass is 9.97. The molecule has 7 heteroatoms. The summed E-state index contributed by atoms with van der Waals surface area (Å²) in [6.07, 6.45) is 0.859. The maximum Gasteiger partial charge on any atom is 0.296 e. The van der Waals surface area contributed by atoms with E-state index >= 15 is 0 Å². The van der Waals surface area contributed by atoms with Gasteiger partial charge in [0.05, 0.1) is 30.2 Å². The standard InChI is InChI=1S/C29H28N2O5/c1-5-14-35-22-13-11-19(16-23(22)34-6-2)26-25-27(32)20-15-17(3)10-12-21(20)36-28(25)29(33)31(26)24-9-7-8-18(4)30-24/h7-13,15-16,26H,5-6,14H2,1-4H3. The zero-order valence-corrected chi connectivity index (χ0v) is 20.8. The maximum atomic E-state index is 13.8. The average molecular weight is 485 g/mol. The molecule has 36 heavy (non-hydrogen) atoms. The van der Waals surface area contributed by atoms with Gasteiger partial charge in [-0.25, -0.2) is 4.98 Å². The lowest BCUT2D eigenvalue weighted by Gasteiger charge is -2.25. The molecule has 184 valence electrons. The van der Waals surface area contributed by atoms with Crippen LogP contribution in [0.3, 0.4) is 0 Å². The third kappa shape index (κ3) is 4.00. The molecule has 2 aromatic heterocycles. The molecule has 0 saturated carbocycles. The highest BCUT2D eigenvalue weighted by molar-refractivity contribution is 6.10. The molecule has 7 nitrogen and oxygen atoms in total. The van der Waals surface area contributed by atoms with Crippen molar-refractivity contribution in [1.29, 1.82) is 0 Å². The van der Waals surface area contributed by atoms with Gasteiger partial charge in [0, 0.05) is 5.69 Å². The van der Waals surface area contributed by atoms with Gasteiger partial charge in [-0.15, -0.1) is 0 Å². The first-order valence-corrected chi connectivity index (χ1v) is 12.2. The van der Waals surface area contributed by atoms with Crippen LogP contribution in [0, 0.1) is 13.8 Å². The van der Waals surface area contributed by atoms with E-state index in [1.54, 1.807) is 18.2 Å². The number of pyridine rings is 1. The summed E-state index contributed by atoms with van der Waals surface area (Å²) in [6.45, 7) is 8.71. The van der Waals surface area contributed by atoms with Gasteiger partial charge >= 0.3 is 0 Å². The van der Waals surface area contributed by atoms with Crippen LogP contribution < -0.4 is 19.8 Å². The van der Waals surface area contributed by atoms with E-state index in [1.807, 2.05) is 64.1 Å². The van der Waals surface area contributed by atoms with Crippen LogP contribution in [0.15, 0.2) is 63.8 Å². The lowest BCUT2D eigenvalue weighted by molar-refractivity contribution is 0.0970. The summed E-state index contributed by atoms with van der Waals surface area (Å²) >= 11 is 0. The predicted molar refractivity (Wildman–Crippen MR) is 138 cm³/mol. The van der Waals surface area contributed by atoms with Gasteiger partial charge in [0.15, 0.2) is 16.9 Å². The fourth-order valence-electron chi connectivity index (χ4n) is 4.60. The number of nitrogens with zero attached hydrogens (tertiary/aromatic N) is 2. The van der Waals surface area contributed by atoms with Crippen LogP contribution >= 0.6 is 0 Å². The molecule has 1 amide bonds. The first kappa shape index (κ1) is 23.6. The summed E-state index contributed by atoms with van der Waals surface area (Å²) in [5.74, 6) is 1.25. The van der Waals surface area contributed by atoms with Gasteiger partial charge in [-0.2, -0.15) is 0 Å². The van der Waals surface area contributed by atoms with Crippen LogP contribution in [0.5, 0.6) is 11.5 Å². The van der Waals surface area contributed by atoms with Crippen LogP contribution in [0.2, 0.25) is 0 Å². The number of carbonyl (C=O) groups is 1. The van der Waals surface area contributed by atoms with E-state index in [9.17, 15) is 9.59 Å². The number of rotatable bonds is 7. The van der Waals surface area contributed by atoms with Crippen LogP contribution in [0.25, 0.3) is 11.0 Å². The smallest absolute Gasteiger partial charge is 0.296 e. The van der Waals surface area contributed by atoms with Crippen molar-refractivity contribution < 1.29 is 18.7 Å². The zero-order chi connectivity index (χ0) is 25.4. The van der Waals surface area contributed by atoms with E-state index < -0.39 is 11.9 Å². The second kappa shape index (κ2) is 9.49. The molecule has 0 saturated heterocycles. The fraction of sp³-hybridized carbons (Fsp3) is 0.276. The minimum atomic E-state index is -0.734. The molecular weight excluding hydrogens is 456 g/mol. The maximum absolute atomic E-state index is 13.8. The molecule has 4 aromatic rings. The quantitative estimate of drug-likeness (QED) is 0.333. The minimum absolute atomic E-state index is 0.0360. The number of benzene rings is 2. The topological polar surface area (TPSA) is 81.9 Å². The molecule has 0 spiro atoms. The number of aromatic nitrogens is 1. The van der Waals surface area contributed by atoms with Crippen molar-refractivity contribution in [3.63, 3.8) is 0 Å². The first-order chi connectivity index (χ1) is 17.4. The normalized spacial score (nSPS) is 14.8. The molecule has 1 unspecified atom stereocenters. The highest BCUT2D eigenvalue weighted by atomic mass is 16.5. The molecule has 1 aliphatic rings. The lowest BCUT2D eigenvalue weighted by Crippen LogP contribution is -2.30. The van der Waals surface area contributed by atoms with E-state index in [1.165, 1.54) is 4.90 Å². The molecule has 0 fully saturated rings. The molecule has 5 rings (SSSR count). The van der Waals surface area contributed by atoms with Gasteiger partial charge < -0.3 is 13.9 Å². The largest absolute Gasteiger partial charge is 0.490 e. The van der Waals surface area contributed by atoms with Crippen LogP contribution in [0.4, 0.5) is 5.82 Å². The van der Waals surface area contributed by atoms with Crippen molar-refractivity contribution in [2.45, 2.75) is 40.2 Å². The van der Waals surface area contributed by atoms with Gasteiger partial charge in [-0.1, -0.05) is 30.7 Å². The summed E-state index contributed by atoms with van der Waals surface area (Å²) in [5, 5.41) is 0.443. The van der Waals surface area contributed by atoms with Crippen LogP contribution in [0.1, 0.15) is 59.2 Å². The Balaban J connectivity index is 1.76. The summed E-state index contributed by atoms with van der Waals surface area (Å²) in [6, 6.07) is 15.6. The van der Waals surface area contributed by atoms with Crippen molar-refractivity contribution in [1.82, 2.24) is 4.98 Å². The monoisotopic (exact) mass is 484 g/mol. The molecular formula is C29H28N2O5. The Morgan fingerprint density at radius 2 is 1.81 bits per heavy atom. The Bertz CT molecular complexity index is 1520. The van der Waals surface area contributed by atoms with Gasteiger partial charge in [0.1, 0.15) is 11.4 Å². The minimum Gasteiger partial charge on any atom is -0.490 e. The number of ether oxygens (including phenoxy) is 2. The summed E-state index contributed by atoms with van der Waals surface area (Å²) < 4.78 is 17.8. The van der Waals surface area contributed by atoms with E-state index in [2.05, 4.69) is 4.98 Å². The molecule has 0 aliphatic carbocycles.